The number of hydrogen-bond donors (Lipinski definition) is 0. The van der Waals surface area contributed by atoms with Crippen LogP contribution in [0, 0.1) is 0 Å². The molecular formula is C88H72ClF3N8O2+4. The first-order valence-electron chi connectivity index (χ1n) is 33.6. The topological polar surface area (TPSA) is 43.5 Å². The Kier molecular flexibility index (Phi) is 20.3. The summed E-state index contributed by atoms with van der Waals surface area (Å²) in [6.45, 7) is 2.47. The normalized spacial score (nSPS) is 13.3. The lowest BCUT2D eigenvalue weighted by Gasteiger charge is -2.30. The standard InChI is InChI=1S/C26H21N2O.C21H16F3N2.C21H19N2O.C20H16ClN2/c1-4-12-22(13-5-1)27-19-21-11-10-18-25(29-24-16-8-3-9-17-24)26(21)28(20-27)23-14-6-2-7-15-23;22-21(23,24)19-13-7-8-16-14-25(17-9-3-1-4-10-17)15-26(20(16)19)18-11-5-2-6-12-18;1-24-20-14-8-9-17-15-22(18-10-4-2-5-11-18)16-23(21(17)20)19-12-6-3-7-13-19;21-19-13-7-8-16-14-22(17-9-3-1-4-10-17)15-23(20(16)19)18-11-5-2-6-12-18/h1-19H,20H2;1-14H,15H2;2-15H,16H2,1H3;1-14H,15H2/q4*+1. The van der Waals surface area contributed by atoms with E-state index in [0.717, 1.165) is 110 Å². The first-order valence-corrected chi connectivity index (χ1v) is 34.0. The van der Waals surface area contributed by atoms with Gasteiger partial charge in [-0.3, -0.25) is 19.6 Å². The van der Waals surface area contributed by atoms with Gasteiger partial charge in [0.2, 0.25) is 49.4 Å². The van der Waals surface area contributed by atoms with Crippen molar-refractivity contribution in [2.24, 2.45) is 0 Å². The van der Waals surface area contributed by atoms with Crippen molar-refractivity contribution in [2.75, 3.05) is 53.4 Å². The number of ether oxygens (including phenoxy) is 2. The predicted octanol–water partition coefficient (Wildman–Crippen LogP) is 21.7. The van der Waals surface area contributed by atoms with Crippen molar-refractivity contribution in [1.82, 2.24) is 0 Å². The molecule has 17 rings (SSSR count). The van der Waals surface area contributed by atoms with Crippen LogP contribution in [-0.2, 0) is 6.18 Å². The summed E-state index contributed by atoms with van der Waals surface area (Å²) < 4.78 is 61.5. The number of anilines is 8. The molecule has 13 aromatic rings. The van der Waals surface area contributed by atoms with Crippen LogP contribution in [0.3, 0.4) is 0 Å². The van der Waals surface area contributed by atoms with Crippen LogP contribution < -0.4 is 29.1 Å². The first-order chi connectivity index (χ1) is 50.1. The Labute approximate surface area is 597 Å². The van der Waals surface area contributed by atoms with Gasteiger partial charge in [-0.2, -0.15) is 31.5 Å². The summed E-state index contributed by atoms with van der Waals surface area (Å²) in [5.74, 6) is 2.57. The highest BCUT2D eigenvalue weighted by atomic mass is 35.5. The van der Waals surface area contributed by atoms with Gasteiger partial charge in [0, 0.05) is 71.3 Å². The number of methoxy groups -OCH3 is 1. The third-order valence-corrected chi connectivity index (χ3v) is 18.0. The Hall–Kier alpha value is -12.6. The monoisotopic (exact) mass is 1360 g/mol. The van der Waals surface area contributed by atoms with Crippen LogP contribution in [-0.4, -0.2) is 76.9 Å². The fourth-order valence-corrected chi connectivity index (χ4v) is 13.2. The van der Waals surface area contributed by atoms with E-state index in [-0.39, 0.29) is 5.69 Å². The van der Waals surface area contributed by atoms with Crippen LogP contribution in [0.25, 0.3) is 0 Å². The van der Waals surface area contributed by atoms with Gasteiger partial charge in [-0.05, 0) is 109 Å². The fourth-order valence-electron chi connectivity index (χ4n) is 12.9. The van der Waals surface area contributed by atoms with E-state index in [4.69, 9.17) is 21.1 Å². The molecule has 0 aliphatic carbocycles. The Morgan fingerprint density at radius 3 is 0.922 bits per heavy atom. The van der Waals surface area contributed by atoms with Crippen molar-refractivity contribution in [1.29, 1.82) is 0 Å². The maximum Gasteiger partial charge on any atom is 0.418 e. The van der Waals surface area contributed by atoms with Crippen LogP contribution in [0.5, 0.6) is 17.2 Å². The minimum atomic E-state index is -4.42. The average Bonchev–Trinajstić information content (AvgIpc) is 0.777. The quantitative estimate of drug-likeness (QED) is 0.120. The van der Waals surface area contributed by atoms with Crippen molar-refractivity contribution in [3.05, 3.63) is 379 Å². The highest BCUT2D eigenvalue weighted by Crippen LogP contribution is 2.45. The lowest BCUT2D eigenvalue weighted by Crippen LogP contribution is -2.33. The first kappa shape index (κ1) is 66.6. The Morgan fingerprint density at radius 1 is 0.294 bits per heavy atom. The van der Waals surface area contributed by atoms with Gasteiger partial charge in [0.1, 0.15) is 22.9 Å². The van der Waals surface area contributed by atoms with Gasteiger partial charge in [0.15, 0.2) is 30.6 Å². The maximum atomic E-state index is 13.6. The molecule has 10 nitrogen and oxygen atoms in total. The number of fused-ring (bicyclic) bond motifs is 4. The number of nitrogens with zero attached hydrogens (tertiary/aromatic N) is 8. The molecular weight excluding hydrogens is 1290 g/mol. The summed E-state index contributed by atoms with van der Waals surface area (Å²) in [4.78, 5) is 8.57. The van der Waals surface area contributed by atoms with Crippen molar-refractivity contribution < 1.29 is 40.9 Å². The van der Waals surface area contributed by atoms with E-state index in [1.54, 1.807) is 24.3 Å². The SMILES string of the molecule is C1=[N+](c2ccccc2)CN(c2ccccc2)c2c1cccc2Oc1ccccc1.COc1cccc2c1N(c1ccccc1)C[N+](c1ccccc1)=C2.Clc1cccc2c1N(c1ccccc1)C[N+](c1ccccc1)=C2.FC(F)(F)c1cccc2c1N(c1ccccc1)C[N+](c1ccccc1)=C2. The largest absolute Gasteiger partial charge is 0.495 e. The molecule has 0 fully saturated rings. The summed E-state index contributed by atoms with van der Waals surface area (Å²) in [5.41, 5.74) is 15.3. The summed E-state index contributed by atoms with van der Waals surface area (Å²) >= 11 is 6.50. The maximum absolute atomic E-state index is 13.6. The molecule has 0 saturated heterocycles. The molecule has 4 aliphatic heterocycles. The molecule has 13 aromatic carbocycles. The molecule has 0 bridgehead atoms. The number of para-hydroxylation sites is 13. The third-order valence-electron chi connectivity index (χ3n) is 17.7. The Balaban J connectivity index is 0.000000116. The predicted molar refractivity (Wildman–Crippen MR) is 409 cm³/mol. The minimum Gasteiger partial charge on any atom is -0.495 e. The van der Waals surface area contributed by atoms with E-state index in [0.29, 0.717) is 18.9 Å². The second kappa shape index (κ2) is 31.1. The Morgan fingerprint density at radius 2 is 0.569 bits per heavy atom. The Bertz CT molecular complexity index is 5120. The second-order valence-electron chi connectivity index (χ2n) is 24.3. The van der Waals surface area contributed by atoms with Gasteiger partial charge in [0.05, 0.1) is 51.3 Å². The van der Waals surface area contributed by atoms with Gasteiger partial charge in [0.25, 0.3) is 0 Å². The zero-order valence-corrected chi connectivity index (χ0v) is 56.7. The number of benzene rings is 13. The zero-order chi connectivity index (χ0) is 69.6. The summed E-state index contributed by atoms with van der Waals surface area (Å²) in [6.07, 6.45) is 3.91. The van der Waals surface area contributed by atoms with Crippen molar-refractivity contribution in [2.45, 2.75) is 6.18 Å². The molecule has 0 radical (unpaired) electrons. The zero-order valence-electron chi connectivity index (χ0n) is 56.0. The molecule has 0 aromatic heterocycles. The lowest BCUT2D eigenvalue weighted by atomic mass is 10.0. The molecule has 14 heteroatoms. The number of rotatable bonds is 11. The number of alkyl halides is 3. The van der Waals surface area contributed by atoms with Crippen LogP contribution in [0.2, 0.25) is 5.02 Å². The van der Waals surface area contributed by atoms with Gasteiger partial charge < -0.3 is 9.47 Å². The highest BCUT2D eigenvalue weighted by Gasteiger charge is 2.40. The molecule has 102 heavy (non-hydrogen) atoms. The summed E-state index contributed by atoms with van der Waals surface area (Å²) in [7, 11) is 1.72. The van der Waals surface area contributed by atoms with E-state index in [1.165, 1.54) is 17.4 Å². The molecule has 0 atom stereocenters. The van der Waals surface area contributed by atoms with Gasteiger partial charge in [-0.1, -0.05) is 200 Å². The van der Waals surface area contributed by atoms with E-state index in [9.17, 15) is 13.2 Å². The molecule has 0 unspecified atom stereocenters. The van der Waals surface area contributed by atoms with Gasteiger partial charge in [-0.25, -0.2) is 0 Å². The van der Waals surface area contributed by atoms with Gasteiger partial charge in [-0.15, -0.1) is 0 Å². The van der Waals surface area contributed by atoms with E-state index < -0.39 is 11.7 Å². The fraction of sp³-hybridized carbons (Fsp3) is 0.0682. The van der Waals surface area contributed by atoms with Crippen molar-refractivity contribution in [3.8, 4) is 17.2 Å². The van der Waals surface area contributed by atoms with Gasteiger partial charge >= 0.3 is 6.18 Å². The molecule has 0 amide bonds. The molecule has 0 spiro atoms. The van der Waals surface area contributed by atoms with Crippen molar-refractivity contribution >= 4 is 105 Å². The highest BCUT2D eigenvalue weighted by molar-refractivity contribution is 6.34. The number of halogens is 4. The molecule has 4 heterocycles. The summed E-state index contributed by atoms with van der Waals surface area (Å²) in [6, 6.07) is 114. The minimum absolute atomic E-state index is 0.193. The van der Waals surface area contributed by atoms with Crippen LogP contribution in [0.4, 0.5) is 81.4 Å². The lowest BCUT2D eigenvalue weighted by molar-refractivity contribution is -0.434. The van der Waals surface area contributed by atoms with E-state index in [2.05, 4.69) is 211 Å². The van der Waals surface area contributed by atoms with E-state index in [1.807, 2.05) is 168 Å². The van der Waals surface area contributed by atoms with Crippen LogP contribution >= 0.6 is 11.6 Å². The molecule has 500 valence electrons. The second-order valence-corrected chi connectivity index (χ2v) is 24.7. The van der Waals surface area contributed by atoms with Crippen LogP contribution in [0.1, 0.15) is 27.8 Å². The molecule has 0 saturated carbocycles. The van der Waals surface area contributed by atoms with E-state index >= 15 is 0 Å². The van der Waals surface area contributed by atoms with Crippen molar-refractivity contribution in [3.63, 3.8) is 0 Å². The smallest absolute Gasteiger partial charge is 0.418 e. The molecule has 4 aliphatic rings. The summed E-state index contributed by atoms with van der Waals surface area (Å²) in [5, 5.41) is 0.773. The number of hydrogen-bond acceptors (Lipinski definition) is 6. The van der Waals surface area contributed by atoms with Crippen LogP contribution in [0.15, 0.2) is 346 Å². The average molecular weight is 1370 g/mol. The molecule has 0 N–H and O–H groups in total. The third kappa shape index (κ3) is 15.2.